The highest BCUT2D eigenvalue weighted by atomic mass is 19.1. The van der Waals surface area contributed by atoms with Gasteiger partial charge in [-0.2, -0.15) is 0 Å². The summed E-state index contributed by atoms with van der Waals surface area (Å²) in [5.74, 6) is -0.823. The Kier molecular flexibility index (Phi) is 9.77. The average Bonchev–Trinajstić information content (AvgIpc) is 2.66. The van der Waals surface area contributed by atoms with Crippen molar-refractivity contribution in [3.63, 3.8) is 0 Å². The third-order valence-corrected chi connectivity index (χ3v) is 4.49. The van der Waals surface area contributed by atoms with Crippen molar-refractivity contribution in [2.45, 2.75) is 38.5 Å². The highest BCUT2D eigenvalue weighted by Crippen LogP contribution is 2.16. The molecule has 0 unspecified atom stereocenters. The number of aromatic hydroxyl groups is 1. The molecule has 0 amide bonds. The molecule has 3 nitrogen and oxygen atoms in total. The monoisotopic (exact) mass is 358 g/mol. The number of phenolic OH excluding ortho intramolecular Hbond substituents is 1. The number of unbranched alkanes of at least 4 members (excludes halogenated alkanes) is 3. The molecule has 0 aliphatic heterocycles. The molecule has 0 fully saturated rings. The minimum atomic E-state index is -0.542. The van der Waals surface area contributed by atoms with Gasteiger partial charge in [-0.25, -0.2) is 4.39 Å². The van der Waals surface area contributed by atoms with Crippen molar-refractivity contribution in [2.75, 3.05) is 26.2 Å². The molecule has 0 aromatic heterocycles. The lowest BCUT2D eigenvalue weighted by molar-refractivity contribution is 0.431. The maximum absolute atomic E-state index is 13.2. The average molecular weight is 359 g/mol. The smallest absolute Gasteiger partial charge is 0.165 e. The zero-order valence-electron chi connectivity index (χ0n) is 15.5. The first kappa shape index (κ1) is 20.4. The van der Waals surface area contributed by atoms with Gasteiger partial charge in [0.25, 0.3) is 0 Å². The number of nitrogens with one attached hydrogen (secondary N) is 2. The van der Waals surface area contributed by atoms with E-state index in [1.54, 1.807) is 6.07 Å². The zero-order chi connectivity index (χ0) is 18.5. The maximum atomic E-state index is 13.2. The predicted molar refractivity (Wildman–Crippen MR) is 106 cm³/mol. The zero-order valence-corrected chi connectivity index (χ0v) is 15.5. The van der Waals surface area contributed by atoms with Gasteiger partial charge in [0.2, 0.25) is 0 Å². The van der Waals surface area contributed by atoms with Crippen LogP contribution in [0, 0.1) is 5.82 Å². The number of benzene rings is 2. The van der Waals surface area contributed by atoms with Crippen LogP contribution in [0.3, 0.4) is 0 Å². The van der Waals surface area contributed by atoms with Gasteiger partial charge in [-0.1, -0.05) is 49.2 Å². The predicted octanol–water partition coefficient (Wildman–Crippen LogP) is 4.06. The summed E-state index contributed by atoms with van der Waals surface area (Å²) in [6, 6.07) is 15.2. The molecule has 0 spiro atoms. The van der Waals surface area contributed by atoms with Crippen LogP contribution < -0.4 is 10.6 Å². The quantitative estimate of drug-likeness (QED) is 0.473. The van der Waals surface area contributed by atoms with Gasteiger partial charge in [-0.05, 0) is 75.1 Å². The van der Waals surface area contributed by atoms with Gasteiger partial charge >= 0.3 is 0 Å². The molecule has 0 aliphatic rings. The third kappa shape index (κ3) is 8.45. The summed E-state index contributed by atoms with van der Waals surface area (Å²) >= 11 is 0. The Hall–Kier alpha value is -1.91. The van der Waals surface area contributed by atoms with Crippen molar-refractivity contribution in [3.05, 3.63) is 65.5 Å². The Bertz CT molecular complexity index is 619. The molecule has 0 saturated heterocycles. The summed E-state index contributed by atoms with van der Waals surface area (Å²) in [4.78, 5) is 0. The van der Waals surface area contributed by atoms with Crippen LogP contribution in [0.4, 0.5) is 4.39 Å². The molecule has 4 heteroatoms. The van der Waals surface area contributed by atoms with Gasteiger partial charge in [-0.15, -0.1) is 0 Å². The fourth-order valence-electron chi connectivity index (χ4n) is 2.92. The first-order chi connectivity index (χ1) is 12.8. The number of rotatable bonds is 13. The van der Waals surface area contributed by atoms with E-state index >= 15 is 0 Å². The Balaban J connectivity index is 1.36. The second kappa shape index (κ2) is 12.4. The Morgan fingerprint density at radius 3 is 1.92 bits per heavy atom. The molecule has 142 valence electrons. The second-order valence-electron chi connectivity index (χ2n) is 6.69. The summed E-state index contributed by atoms with van der Waals surface area (Å²) in [5, 5.41) is 16.1. The molecule has 0 heterocycles. The maximum Gasteiger partial charge on any atom is 0.165 e. The molecule has 0 aliphatic carbocycles. The molecule has 0 bridgehead atoms. The van der Waals surface area contributed by atoms with Gasteiger partial charge in [0.1, 0.15) is 0 Å². The standard InChI is InChI=1S/C22H31FN2O/c23-21-18-20(10-11-22(21)26)13-17-25-15-7-2-1-6-14-24-16-12-19-8-4-3-5-9-19/h3-5,8-11,18,24-26H,1-2,6-7,12-17H2. The molecule has 2 rings (SSSR count). The number of phenols is 1. The van der Waals surface area contributed by atoms with Crippen LogP contribution in [0.5, 0.6) is 5.75 Å². The van der Waals surface area contributed by atoms with E-state index in [0.717, 1.165) is 44.6 Å². The van der Waals surface area contributed by atoms with E-state index < -0.39 is 5.82 Å². The number of halogens is 1. The van der Waals surface area contributed by atoms with Crippen LogP contribution in [0.25, 0.3) is 0 Å². The van der Waals surface area contributed by atoms with Gasteiger partial charge in [0, 0.05) is 0 Å². The van der Waals surface area contributed by atoms with Crippen LogP contribution in [0.1, 0.15) is 36.8 Å². The Labute approximate surface area is 156 Å². The highest BCUT2D eigenvalue weighted by Gasteiger charge is 2.01. The highest BCUT2D eigenvalue weighted by molar-refractivity contribution is 5.28. The van der Waals surface area contributed by atoms with E-state index in [4.69, 9.17) is 5.11 Å². The third-order valence-electron chi connectivity index (χ3n) is 4.49. The molecular formula is C22H31FN2O. The van der Waals surface area contributed by atoms with Crippen molar-refractivity contribution in [2.24, 2.45) is 0 Å². The largest absolute Gasteiger partial charge is 0.505 e. The van der Waals surface area contributed by atoms with Crippen molar-refractivity contribution in [3.8, 4) is 5.75 Å². The van der Waals surface area contributed by atoms with Gasteiger partial charge in [0.05, 0.1) is 0 Å². The second-order valence-corrected chi connectivity index (χ2v) is 6.69. The van der Waals surface area contributed by atoms with E-state index in [9.17, 15) is 4.39 Å². The molecule has 0 atom stereocenters. The lowest BCUT2D eigenvalue weighted by atomic mass is 10.1. The number of hydrogen-bond donors (Lipinski definition) is 3. The molecular weight excluding hydrogens is 327 g/mol. The summed E-state index contributed by atoms with van der Waals surface area (Å²) in [6.45, 7) is 3.98. The van der Waals surface area contributed by atoms with Gasteiger partial charge < -0.3 is 15.7 Å². The van der Waals surface area contributed by atoms with Gasteiger partial charge in [0.15, 0.2) is 11.6 Å². The molecule has 0 saturated carbocycles. The van der Waals surface area contributed by atoms with Crippen LogP contribution in [0.2, 0.25) is 0 Å². The molecule has 2 aromatic carbocycles. The minimum Gasteiger partial charge on any atom is -0.505 e. The molecule has 2 aromatic rings. The summed E-state index contributed by atoms with van der Waals surface area (Å²) in [7, 11) is 0. The van der Waals surface area contributed by atoms with Crippen LogP contribution >= 0.6 is 0 Å². The van der Waals surface area contributed by atoms with Crippen molar-refractivity contribution in [1.82, 2.24) is 10.6 Å². The van der Waals surface area contributed by atoms with Crippen LogP contribution in [-0.4, -0.2) is 31.3 Å². The molecule has 26 heavy (non-hydrogen) atoms. The summed E-state index contributed by atoms with van der Waals surface area (Å²) in [6.07, 6.45) is 6.76. The van der Waals surface area contributed by atoms with Crippen molar-refractivity contribution >= 4 is 0 Å². The number of hydrogen-bond acceptors (Lipinski definition) is 3. The van der Waals surface area contributed by atoms with Crippen molar-refractivity contribution in [1.29, 1.82) is 0 Å². The molecule has 0 radical (unpaired) electrons. The SMILES string of the molecule is Oc1ccc(CCNCCCCCCNCCc2ccccc2)cc1F. The first-order valence-electron chi connectivity index (χ1n) is 9.68. The molecule has 3 N–H and O–H groups in total. The van der Waals surface area contributed by atoms with E-state index in [2.05, 4.69) is 41.0 Å². The van der Waals surface area contributed by atoms with E-state index in [0.29, 0.717) is 0 Å². The van der Waals surface area contributed by atoms with Crippen LogP contribution in [-0.2, 0) is 12.8 Å². The Morgan fingerprint density at radius 1 is 0.692 bits per heavy atom. The fraction of sp³-hybridized carbons (Fsp3) is 0.455. The summed E-state index contributed by atoms with van der Waals surface area (Å²) < 4.78 is 13.2. The minimum absolute atomic E-state index is 0.281. The van der Waals surface area contributed by atoms with Crippen LogP contribution in [0.15, 0.2) is 48.5 Å². The van der Waals surface area contributed by atoms with Crippen molar-refractivity contribution < 1.29 is 9.50 Å². The van der Waals surface area contributed by atoms with E-state index in [1.807, 2.05) is 0 Å². The lowest BCUT2D eigenvalue weighted by Gasteiger charge is -2.07. The van der Waals surface area contributed by atoms with Gasteiger partial charge in [-0.3, -0.25) is 0 Å². The summed E-state index contributed by atoms with van der Waals surface area (Å²) in [5.41, 5.74) is 2.30. The fourth-order valence-corrected chi connectivity index (χ4v) is 2.92. The normalized spacial score (nSPS) is 11.0. The van der Waals surface area contributed by atoms with E-state index in [1.165, 1.54) is 43.4 Å². The topological polar surface area (TPSA) is 44.3 Å². The lowest BCUT2D eigenvalue weighted by Crippen LogP contribution is -2.19. The van der Waals surface area contributed by atoms with E-state index in [-0.39, 0.29) is 5.75 Å². The first-order valence-corrected chi connectivity index (χ1v) is 9.68. The Morgan fingerprint density at radius 2 is 1.31 bits per heavy atom.